The van der Waals surface area contributed by atoms with Crippen LogP contribution in [0.4, 0.5) is 0 Å². The summed E-state index contributed by atoms with van der Waals surface area (Å²) >= 11 is 0. The van der Waals surface area contributed by atoms with Gasteiger partial charge in [-0.1, -0.05) is 0 Å². The SMILES string of the molecule is C(C(c1nnn[n-]1)c1nnn[n-]1)C(c1nnn[n-]1)c1nnn[n-]1.N[n+]1cn[nH]c1.N[n+]1cn[nH]c1.N[n+]1cn[nH]c1.N[n+]1cn[nH]c1. The highest BCUT2D eigenvalue weighted by Gasteiger charge is 2.22. The average Bonchev–Trinajstić information content (AvgIpc) is 3.92. The van der Waals surface area contributed by atoms with Crippen molar-refractivity contribution in [1.82, 2.24) is 123 Å². The molecule has 0 saturated heterocycles. The molecule has 0 saturated carbocycles. The van der Waals surface area contributed by atoms with Crippen LogP contribution in [0.25, 0.3) is 0 Å². The second kappa shape index (κ2) is 17.2. The van der Waals surface area contributed by atoms with Gasteiger partial charge in [0.05, 0.1) is 0 Å². The molecular formula is C15H24N32. The van der Waals surface area contributed by atoms with Gasteiger partial charge >= 0.3 is 0 Å². The van der Waals surface area contributed by atoms with Crippen molar-refractivity contribution in [1.29, 1.82) is 0 Å². The van der Waals surface area contributed by atoms with Gasteiger partial charge < -0.3 is 20.4 Å². The van der Waals surface area contributed by atoms with Crippen molar-refractivity contribution in [3.63, 3.8) is 0 Å². The molecule has 8 heterocycles. The number of aromatic nitrogens is 28. The van der Waals surface area contributed by atoms with Crippen molar-refractivity contribution < 1.29 is 18.7 Å². The Morgan fingerprint density at radius 3 is 0.851 bits per heavy atom. The number of rotatable bonds is 6. The number of aromatic amines is 4. The Labute approximate surface area is 258 Å². The van der Waals surface area contributed by atoms with Gasteiger partial charge in [0.15, 0.2) is 0 Å². The van der Waals surface area contributed by atoms with Crippen LogP contribution >= 0.6 is 0 Å². The molecule has 0 atom stereocenters. The number of nitrogens with one attached hydrogen (secondary N) is 4. The number of hydrogen-bond donors (Lipinski definition) is 8. The molecule has 8 rings (SSSR count). The molecule has 12 N–H and O–H groups in total. The Kier molecular flexibility index (Phi) is 11.7. The second-order valence-electron chi connectivity index (χ2n) is 8.09. The first-order chi connectivity index (χ1) is 23.0. The second-order valence-corrected chi connectivity index (χ2v) is 8.09. The van der Waals surface area contributed by atoms with E-state index in [1.54, 1.807) is 25.3 Å². The van der Waals surface area contributed by atoms with E-state index in [1.807, 2.05) is 0 Å². The zero-order valence-corrected chi connectivity index (χ0v) is 23.5. The fourth-order valence-electron chi connectivity index (χ4n) is 2.99. The molecule has 0 aliphatic rings. The summed E-state index contributed by atoms with van der Waals surface area (Å²) in [5.41, 5.74) is 0. The molecule has 0 amide bonds. The van der Waals surface area contributed by atoms with Crippen molar-refractivity contribution in [3.05, 3.63) is 73.9 Å². The summed E-state index contributed by atoms with van der Waals surface area (Å²) in [6, 6.07) is 0. The molecule has 0 radical (unpaired) electrons. The quantitative estimate of drug-likeness (QED) is 0.0610. The van der Waals surface area contributed by atoms with Crippen molar-refractivity contribution >= 4 is 0 Å². The number of H-pyrrole nitrogens is 4. The van der Waals surface area contributed by atoms with Gasteiger partial charge in [0.25, 0.3) is 25.3 Å². The maximum atomic E-state index is 5.10. The lowest BCUT2D eigenvalue weighted by molar-refractivity contribution is -0.639. The van der Waals surface area contributed by atoms with Gasteiger partial charge in [-0.2, -0.15) is 20.9 Å². The molecule has 0 unspecified atom stereocenters. The highest BCUT2D eigenvalue weighted by atomic mass is 15.5. The molecule has 0 spiro atoms. The molecule has 244 valence electrons. The van der Waals surface area contributed by atoms with Crippen LogP contribution in [0.5, 0.6) is 0 Å². The van der Waals surface area contributed by atoms with Crippen LogP contribution in [-0.4, -0.2) is 103 Å². The van der Waals surface area contributed by atoms with E-state index < -0.39 is 11.8 Å². The highest BCUT2D eigenvalue weighted by Crippen LogP contribution is 2.31. The number of nitrogen functional groups attached to an aromatic ring is 4. The molecular weight excluding hydrogens is 628 g/mol. The van der Waals surface area contributed by atoms with E-state index in [1.165, 1.54) is 44.0 Å². The molecule has 0 aliphatic carbocycles. The third-order valence-electron chi connectivity index (χ3n) is 4.95. The van der Waals surface area contributed by atoms with Crippen LogP contribution in [0.15, 0.2) is 50.6 Å². The third-order valence-corrected chi connectivity index (χ3v) is 4.95. The summed E-state index contributed by atoms with van der Waals surface area (Å²) in [4.78, 5) is 0. The zero-order valence-electron chi connectivity index (χ0n) is 23.5. The minimum atomic E-state index is -0.526. The van der Waals surface area contributed by atoms with E-state index in [0.29, 0.717) is 23.3 Å². The fourth-order valence-corrected chi connectivity index (χ4v) is 2.99. The monoisotopic (exact) mass is 652 g/mol. The van der Waals surface area contributed by atoms with Crippen LogP contribution in [0.1, 0.15) is 41.6 Å². The molecule has 0 aromatic carbocycles. The number of nitrogens with zero attached hydrogens (tertiary/aromatic N) is 24. The smallest absolute Gasteiger partial charge is 0.286 e. The largest absolute Gasteiger partial charge is 0.335 e. The standard InChI is InChI=1S/C7H4N16.4C2H4N4/c1(2(4-8-16-17-9-4)5-10-18-19-11-5)3(6-12-20-21-13-6)7-14-22-23-15-7;4*3-6-1-4-5-2-6/h2-3H,1H2;4*1-2H,3H2/q-4;;;;/p+4. The van der Waals surface area contributed by atoms with Crippen molar-refractivity contribution in [3.8, 4) is 0 Å². The average molecular weight is 653 g/mol. The molecule has 8 aromatic rings. The topological polar surface area (TPSA) is 445 Å². The molecule has 47 heavy (non-hydrogen) atoms. The van der Waals surface area contributed by atoms with Gasteiger partial charge in [-0.05, 0) is 6.42 Å². The van der Waals surface area contributed by atoms with Crippen LogP contribution in [0, 0.1) is 0 Å². The molecule has 8 aromatic heterocycles. The Bertz CT molecular complexity index is 1500. The van der Waals surface area contributed by atoms with E-state index in [2.05, 4.69) is 123 Å². The van der Waals surface area contributed by atoms with E-state index in [4.69, 9.17) is 23.4 Å². The summed E-state index contributed by atoms with van der Waals surface area (Å²) in [5.74, 6) is 20.5. The molecule has 0 aliphatic heterocycles. The van der Waals surface area contributed by atoms with Crippen LogP contribution < -0.4 is 62.5 Å². The Morgan fingerprint density at radius 2 is 0.723 bits per heavy atom. The van der Waals surface area contributed by atoms with Crippen molar-refractivity contribution in [2.24, 2.45) is 0 Å². The normalized spacial score (nSPS) is 10.1. The van der Waals surface area contributed by atoms with Gasteiger partial charge in [0, 0.05) is 55.5 Å². The fraction of sp³-hybridized carbons (Fsp3) is 0.200. The maximum absolute atomic E-state index is 5.10. The first kappa shape index (κ1) is 32.0. The summed E-state index contributed by atoms with van der Waals surface area (Å²) in [6.07, 6.45) is 12.3. The van der Waals surface area contributed by atoms with Gasteiger partial charge in [-0.3, -0.25) is 64.6 Å². The lowest BCUT2D eigenvalue weighted by Gasteiger charge is -2.24. The predicted octanol–water partition coefficient (Wildman–Crippen LogP) is -10.7. The summed E-state index contributed by atoms with van der Waals surface area (Å²) in [7, 11) is 0. The molecule has 32 nitrogen and oxygen atoms in total. The minimum absolute atomic E-state index is 0.279. The first-order valence-electron chi connectivity index (χ1n) is 12.3. The van der Waals surface area contributed by atoms with E-state index >= 15 is 0 Å². The lowest BCUT2D eigenvalue weighted by atomic mass is 9.92. The minimum Gasteiger partial charge on any atom is -0.335 e. The van der Waals surface area contributed by atoms with Crippen LogP contribution in [0.2, 0.25) is 0 Å². The summed E-state index contributed by atoms with van der Waals surface area (Å²) < 4.78 is 5.33. The Balaban J connectivity index is 0.000000167. The van der Waals surface area contributed by atoms with Crippen molar-refractivity contribution in [2.75, 3.05) is 23.4 Å². The van der Waals surface area contributed by atoms with Gasteiger partial charge in [-0.15, -0.1) is 39.1 Å². The highest BCUT2D eigenvalue weighted by molar-refractivity contribution is 5.14. The van der Waals surface area contributed by atoms with Crippen molar-refractivity contribution in [2.45, 2.75) is 18.3 Å². The maximum Gasteiger partial charge on any atom is 0.286 e. The Morgan fingerprint density at radius 1 is 0.468 bits per heavy atom. The van der Waals surface area contributed by atoms with E-state index in [9.17, 15) is 0 Å². The van der Waals surface area contributed by atoms with E-state index in [-0.39, 0.29) is 6.42 Å². The van der Waals surface area contributed by atoms with Gasteiger partial charge in [-0.25, -0.2) is 0 Å². The van der Waals surface area contributed by atoms with Gasteiger partial charge in [0.1, 0.15) is 0 Å². The lowest BCUT2D eigenvalue weighted by Crippen LogP contribution is -2.41. The summed E-state index contributed by atoms with van der Waals surface area (Å²) in [6.45, 7) is 0. The molecule has 0 fully saturated rings. The summed E-state index contributed by atoms with van der Waals surface area (Å²) in [5, 5.41) is 82.6. The Hall–Kier alpha value is -7.96. The van der Waals surface area contributed by atoms with E-state index in [0.717, 1.165) is 0 Å². The first-order valence-corrected chi connectivity index (χ1v) is 12.3. The molecule has 32 heteroatoms. The zero-order chi connectivity index (χ0) is 33.1. The number of tetrazole rings is 4. The number of hydrogen-bond acceptors (Lipinski definition) is 20. The van der Waals surface area contributed by atoms with Gasteiger partial charge in [0.2, 0.25) is 25.3 Å². The molecule has 0 bridgehead atoms. The van der Waals surface area contributed by atoms with Crippen LogP contribution in [-0.2, 0) is 0 Å². The number of nitrogens with two attached hydrogens (primary N) is 4. The predicted molar refractivity (Wildman–Crippen MR) is 137 cm³/mol. The van der Waals surface area contributed by atoms with Crippen LogP contribution in [0.3, 0.4) is 0 Å². The third kappa shape index (κ3) is 10.7.